The van der Waals surface area contributed by atoms with Crippen molar-refractivity contribution in [3.8, 4) is 11.3 Å². The molecule has 0 saturated carbocycles. The molecule has 6 N–H and O–H groups in total. The van der Waals surface area contributed by atoms with Gasteiger partial charge in [0.25, 0.3) is 9.05 Å². The van der Waals surface area contributed by atoms with Gasteiger partial charge >= 0.3 is 21.1 Å². The largest absolute Gasteiger partial charge is 0.495 e. The molecule has 3 saturated heterocycles. The number of hydrogen-bond donors (Lipinski definition) is 5. The second-order valence-corrected chi connectivity index (χ2v) is 46.6. The van der Waals surface area contributed by atoms with Crippen LogP contribution in [-0.2, 0) is 136 Å². The van der Waals surface area contributed by atoms with Gasteiger partial charge in [0.2, 0.25) is 40.1 Å². The summed E-state index contributed by atoms with van der Waals surface area (Å²) in [5, 5.41) is 0. The Kier molecular flexibility index (Phi) is 40.8. The van der Waals surface area contributed by atoms with Crippen LogP contribution in [0.5, 0.6) is 0 Å². The maximum atomic E-state index is 12.7. The number of aryl methyl sites for hydroxylation is 8. The van der Waals surface area contributed by atoms with Gasteiger partial charge in [0.05, 0.1) is 85.4 Å². The summed E-state index contributed by atoms with van der Waals surface area (Å²) >= 11 is 12.4. The number of hydrogen-bond acceptors (Lipinski definition) is 19. The lowest BCUT2D eigenvalue weighted by molar-refractivity contribution is 0.00578. The molecule has 5 heterocycles. The van der Waals surface area contributed by atoms with Crippen molar-refractivity contribution in [1.82, 2.24) is 38.0 Å². The number of rotatable bonds is 22. The second-order valence-electron chi connectivity index (χ2n) is 33.1. The Bertz CT molecular complexity index is 6120. The zero-order chi connectivity index (χ0) is 97.5. The van der Waals surface area contributed by atoms with Gasteiger partial charge in [0, 0.05) is 53.8 Å². The molecule has 14 rings (SSSR count). The quantitative estimate of drug-likeness (QED) is 0.0311. The Morgan fingerprint density at radius 3 is 1.00 bits per heavy atom. The molecule has 25 nitrogen and oxygen atoms in total. The van der Waals surface area contributed by atoms with Crippen LogP contribution in [0.4, 0.5) is 8.78 Å². The zero-order valence-electron chi connectivity index (χ0n) is 76.3. The number of nitrogens with one attached hydrogen (secondary N) is 4. The fourth-order valence-corrected chi connectivity index (χ4v) is 18.3. The number of imidazole rings is 2. The van der Waals surface area contributed by atoms with Gasteiger partial charge in [-0.05, 0) is 315 Å². The van der Waals surface area contributed by atoms with Crippen molar-refractivity contribution in [2.75, 3.05) is 28.2 Å². The van der Waals surface area contributed by atoms with Crippen LogP contribution in [0.1, 0.15) is 122 Å². The van der Waals surface area contributed by atoms with Crippen molar-refractivity contribution in [2.45, 2.75) is 186 Å². The van der Waals surface area contributed by atoms with Gasteiger partial charge < -0.3 is 42.8 Å². The number of benzene rings is 9. The molecule has 40 heteroatoms. The first-order valence-electron chi connectivity index (χ1n) is 41.2. The Balaban J connectivity index is 0.000000212. The van der Waals surface area contributed by atoms with E-state index in [1.165, 1.54) is 62.6 Å². The fourth-order valence-electron chi connectivity index (χ4n) is 12.3. The molecule has 0 radical (unpaired) electrons. The van der Waals surface area contributed by atoms with Crippen LogP contribution in [0.3, 0.4) is 0 Å². The standard InChI is InChI=1S/C21H28BNO4S.C19H21N3O2S.C15H16BrNO2S.C12H24B2O4.C7H7BrFNO2S.C7H9N.C6H3BrClFO2S.C4H5BrN2/c1-20(2)21(3,4)27-22(26-20)19-15-18(28(24,25)23-5)14-13-17(19)12-11-16-9-7-6-8-10-16;1-20-25(23,24)17-11-10-16(9-8-15-6-4-3-5-7-15)18(12-17)19-13-22(2)14-21-19;1-17-20(18,19)14-10-9-13(15(16)11-14)8-7-12-5-3-2-4-6-12;1-9(2)10(3,4)16-13(15-9)14-17-11(5,6)12(7,8)18-14;1-10-13(11,12)5-2-3-7(9)6(8)4-5;8-6-7-4-2-1-3-5-7;7-5-3-4(12(8,10)11)1-2-6(5)9;1-7-2-4(5)6-3-7/h6-10,13-15,23H,11-12H2,1-5H3;3-7,10-14,20H,8-9H2,1-2H3;2-6,9-11,17H,7-8H2,1H3;1-8H3;2-4,10H,1H3;1-5H,6,8H2;1-3H;2-3H,1H3. The fraction of sp³-hybridized carbons (Fsp3) is 0.341. The summed E-state index contributed by atoms with van der Waals surface area (Å²) in [6.45, 7) is 24.8. The highest BCUT2D eigenvalue weighted by Gasteiger charge is 2.64. The normalized spacial score (nSPS) is 15.6. The van der Waals surface area contributed by atoms with E-state index in [0.29, 0.717) is 6.54 Å². The van der Waals surface area contributed by atoms with E-state index in [2.05, 4.69) is 129 Å². The van der Waals surface area contributed by atoms with E-state index in [1.807, 2.05) is 222 Å². The van der Waals surface area contributed by atoms with Gasteiger partial charge in [-0.3, -0.25) is 0 Å². The molecule has 0 amide bonds. The summed E-state index contributed by atoms with van der Waals surface area (Å²) in [6, 6.07) is 63.0. The lowest BCUT2D eigenvalue weighted by Gasteiger charge is -2.32. The second kappa shape index (κ2) is 48.1. The monoisotopic (exact) mass is 2170 g/mol. The van der Waals surface area contributed by atoms with Crippen LogP contribution < -0.4 is 30.1 Å². The Labute approximate surface area is 811 Å². The molecule has 3 aliphatic rings. The van der Waals surface area contributed by atoms with E-state index in [-0.39, 0.29) is 55.8 Å². The molecule has 131 heavy (non-hydrogen) atoms. The molecular weight excluding hydrogens is 2060 g/mol. The maximum absolute atomic E-state index is 12.7. The Hall–Kier alpha value is -7.03. The SMILES string of the molecule is CC1(C)OB(B2OC(C)(C)C(C)(C)O2)OC1(C)C.CNS(=O)(=O)c1ccc(CCc2ccccc2)c(-c2cn(C)cn2)c1.CNS(=O)(=O)c1ccc(CCc2ccccc2)c(B2OC(C)(C)C(C)(C)O2)c1.CNS(=O)(=O)c1ccc(CCc2ccccc2)c(Br)c1.CNS(=O)(=O)c1ccc(F)c(Br)c1.Cn1cnc(Br)c1.NCc1ccccc1.O=S(=O)(Cl)c1ccc(F)c(Br)c1. The van der Waals surface area contributed by atoms with Gasteiger partial charge in [0.1, 0.15) is 16.2 Å². The predicted molar refractivity (Wildman–Crippen MR) is 530 cm³/mol. The van der Waals surface area contributed by atoms with Gasteiger partial charge in [0.15, 0.2) is 0 Å². The van der Waals surface area contributed by atoms with E-state index in [1.54, 1.807) is 49.1 Å². The van der Waals surface area contributed by atoms with Crippen molar-refractivity contribution < 1.29 is 78.8 Å². The highest BCUT2D eigenvalue weighted by molar-refractivity contribution is 9.11. The minimum absolute atomic E-state index is 0.0308. The molecule has 0 spiro atoms. The molecule has 0 atom stereocenters. The molecule has 9 aromatic carbocycles. The van der Waals surface area contributed by atoms with Gasteiger partial charge in [-0.1, -0.05) is 155 Å². The van der Waals surface area contributed by atoms with Crippen molar-refractivity contribution in [2.24, 2.45) is 19.8 Å². The summed E-state index contributed by atoms with van der Waals surface area (Å²) in [7, 11) is -4.87. The maximum Gasteiger partial charge on any atom is 0.495 e. The lowest BCUT2D eigenvalue weighted by Crippen LogP contribution is -2.41. The predicted octanol–water partition coefficient (Wildman–Crippen LogP) is 17.2. The highest BCUT2D eigenvalue weighted by atomic mass is 79.9. The van der Waals surface area contributed by atoms with Crippen LogP contribution in [0, 0.1) is 11.6 Å². The first-order chi connectivity index (χ1) is 61.1. The van der Waals surface area contributed by atoms with E-state index < -0.39 is 93.1 Å². The van der Waals surface area contributed by atoms with Gasteiger partial charge in [-0.25, -0.2) is 79.7 Å². The third kappa shape index (κ3) is 32.3. The molecule has 0 bridgehead atoms. The minimum atomic E-state index is -3.77. The molecule has 706 valence electrons. The van der Waals surface area contributed by atoms with Crippen molar-refractivity contribution >= 4 is 150 Å². The summed E-state index contributed by atoms with van der Waals surface area (Å²) in [5.74, 6) is -1.02. The number of aromatic nitrogens is 4. The van der Waals surface area contributed by atoms with E-state index in [9.17, 15) is 50.9 Å². The molecule has 0 aliphatic carbocycles. The summed E-state index contributed by atoms with van der Waals surface area (Å²) in [6.07, 6.45) is 12.4. The van der Waals surface area contributed by atoms with Crippen LogP contribution in [0.2, 0.25) is 0 Å². The van der Waals surface area contributed by atoms with Crippen molar-refractivity contribution in [1.29, 1.82) is 0 Å². The first kappa shape index (κ1) is 111. The number of sulfonamides is 4. The minimum Gasteiger partial charge on any atom is -0.405 e. The lowest BCUT2D eigenvalue weighted by atomic mass is 9.49. The van der Waals surface area contributed by atoms with Crippen LogP contribution in [-0.4, -0.2) is 144 Å². The van der Waals surface area contributed by atoms with Crippen LogP contribution in [0.25, 0.3) is 11.3 Å². The number of nitrogens with zero attached hydrogens (tertiary/aromatic N) is 4. The van der Waals surface area contributed by atoms with Crippen molar-refractivity contribution in [3.05, 3.63) is 306 Å². The molecule has 3 aliphatic heterocycles. The van der Waals surface area contributed by atoms with Gasteiger partial charge in [-0.2, -0.15) is 0 Å². The zero-order valence-corrected chi connectivity index (χ0v) is 87.5. The molecule has 2 aromatic heterocycles. The van der Waals surface area contributed by atoms with E-state index in [4.69, 9.17) is 44.3 Å². The smallest absolute Gasteiger partial charge is 0.405 e. The Morgan fingerprint density at radius 1 is 0.374 bits per heavy atom. The van der Waals surface area contributed by atoms with E-state index in [0.717, 1.165) is 105 Å². The molecular formula is C91H113B3Br4ClF2N9O16S5. The summed E-state index contributed by atoms with van der Waals surface area (Å²) in [4.78, 5) is 8.93. The third-order valence-electron chi connectivity index (χ3n) is 22.2. The number of nitrogens with two attached hydrogens (primary N) is 1. The molecule has 0 unspecified atom stereocenters. The molecule has 11 aromatic rings. The Morgan fingerprint density at radius 2 is 0.679 bits per heavy atom. The molecule has 3 fully saturated rings. The van der Waals surface area contributed by atoms with E-state index >= 15 is 0 Å². The highest BCUT2D eigenvalue weighted by Crippen LogP contribution is 2.44. The van der Waals surface area contributed by atoms with Crippen LogP contribution >= 0.6 is 74.4 Å². The first-order valence-corrected chi connectivity index (χ1v) is 52.7. The summed E-state index contributed by atoms with van der Waals surface area (Å²) < 4.78 is 193. The summed E-state index contributed by atoms with van der Waals surface area (Å²) in [5.41, 5.74) is 13.5. The van der Waals surface area contributed by atoms with Gasteiger partial charge in [-0.15, -0.1) is 0 Å². The van der Waals surface area contributed by atoms with Crippen molar-refractivity contribution in [3.63, 3.8) is 0 Å². The average molecular weight is 2170 g/mol. The average Bonchev–Trinajstić information content (AvgIpc) is 1.60. The van der Waals surface area contributed by atoms with Crippen LogP contribution in [0.15, 0.2) is 280 Å². The topological polar surface area (TPSA) is 336 Å². The number of halogens is 7. The third-order valence-corrected chi connectivity index (χ3v) is 31.5.